The number of rotatable bonds is 6. The van der Waals surface area contributed by atoms with Gasteiger partial charge in [-0.05, 0) is 52.6 Å². The van der Waals surface area contributed by atoms with Crippen LogP contribution in [0.15, 0.2) is 18.2 Å². The first-order valence-corrected chi connectivity index (χ1v) is 7.21. The second kappa shape index (κ2) is 7.13. The van der Waals surface area contributed by atoms with Crippen LogP contribution in [0.5, 0.6) is 0 Å². The maximum atomic E-state index is 6.42. The SMILES string of the molecule is CCN(c1ccc([C@@H](C)N)cc1Cl)C(C)CN(C)C. The highest BCUT2D eigenvalue weighted by Gasteiger charge is 2.16. The Kier molecular flexibility index (Phi) is 6.11. The Hall–Kier alpha value is -0.770. The molecule has 0 spiro atoms. The van der Waals surface area contributed by atoms with E-state index >= 15 is 0 Å². The molecule has 0 saturated heterocycles. The van der Waals surface area contributed by atoms with Gasteiger partial charge in [-0.1, -0.05) is 17.7 Å². The largest absolute Gasteiger partial charge is 0.367 e. The molecule has 1 unspecified atom stereocenters. The van der Waals surface area contributed by atoms with Crippen LogP contribution in [0.2, 0.25) is 5.02 Å². The van der Waals surface area contributed by atoms with Crippen molar-refractivity contribution >= 4 is 17.3 Å². The molecule has 0 saturated carbocycles. The summed E-state index contributed by atoms with van der Waals surface area (Å²) in [4.78, 5) is 4.52. The lowest BCUT2D eigenvalue weighted by atomic mass is 10.1. The molecule has 0 heterocycles. The maximum absolute atomic E-state index is 6.42. The third-order valence-corrected chi connectivity index (χ3v) is 3.61. The van der Waals surface area contributed by atoms with Crippen LogP contribution in [-0.2, 0) is 0 Å². The Morgan fingerprint density at radius 1 is 1.26 bits per heavy atom. The molecule has 4 heteroatoms. The molecule has 2 atom stereocenters. The Morgan fingerprint density at radius 3 is 2.32 bits per heavy atom. The number of hydrogen-bond acceptors (Lipinski definition) is 3. The van der Waals surface area contributed by atoms with E-state index in [1.807, 2.05) is 13.0 Å². The monoisotopic (exact) mass is 283 g/mol. The number of likely N-dealkylation sites (N-methyl/N-ethyl adjacent to an activating group) is 2. The van der Waals surface area contributed by atoms with Crippen LogP contribution in [0.4, 0.5) is 5.69 Å². The zero-order valence-corrected chi connectivity index (χ0v) is 13.4. The molecular weight excluding hydrogens is 258 g/mol. The lowest BCUT2D eigenvalue weighted by Gasteiger charge is -2.33. The zero-order valence-electron chi connectivity index (χ0n) is 12.7. The fraction of sp³-hybridized carbons (Fsp3) is 0.600. The maximum Gasteiger partial charge on any atom is 0.0643 e. The summed E-state index contributed by atoms with van der Waals surface area (Å²) in [7, 11) is 4.18. The Bertz CT molecular complexity index is 404. The van der Waals surface area contributed by atoms with E-state index in [0.29, 0.717) is 6.04 Å². The van der Waals surface area contributed by atoms with Gasteiger partial charge >= 0.3 is 0 Å². The lowest BCUT2D eigenvalue weighted by molar-refractivity contribution is 0.373. The highest BCUT2D eigenvalue weighted by Crippen LogP contribution is 2.29. The molecule has 0 bridgehead atoms. The van der Waals surface area contributed by atoms with E-state index in [1.165, 1.54) is 0 Å². The normalized spacial score (nSPS) is 14.5. The van der Waals surface area contributed by atoms with Gasteiger partial charge in [0, 0.05) is 25.2 Å². The van der Waals surface area contributed by atoms with Crippen molar-refractivity contribution in [2.45, 2.75) is 32.9 Å². The average molecular weight is 284 g/mol. The fourth-order valence-corrected chi connectivity index (χ4v) is 2.68. The van der Waals surface area contributed by atoms with Crippen LogP contribution in [-0.4, -0.2) is 38.1 Å². The van der Waals surface area contributed by atoms with Gasteiger partial charge in [0.1, 0.15) is 0 Å². The molecule has 2 N–H and O–H groups in total. The van der Waals surface area contributed by atoms with E-state index in [2.05, 4.69) is 49.9 Å². The van der Waals surface area contributed by atoms with Crippen LogP contribution >= 0.6 is 11.6 Å². The molecule has 1 rings (SSSR count). The molecule has 0 aliphatic rings. The summed E-state index contributed by atoms with van der Waals surface area (Å²) in [5, 5.41) is 0.780. The molecule has 19 heavy (non-hydrogen) atoms. The number of nitrogens with zero attached hydrogens (tertiary/aromatic N) is 2. The molecule has 0 fully saturated rings. The van der Waals surface area contributed by atoms with Crippen LogP contribution in [0, 0.1) is 0 Å². The number of hydrogen-bond donors (Lipinski definition) is 1. The summed E-state index contributed by atoms with van der Waals surface area (Å²) in [6.45, 7) is 8.28. The second-order valence-electron chi connectivity index (χ2n) is 5.40. The van der Waals surface area contributed by atoms with Crippen molar-refractivity contribution in [3.05, 3.63) is 28.8 Å². The van der Waals surface area contributed by atoms with Crippen molar-refractivity contribution in [3.63, 3.8) is 0 Å². The molecule has 0 aliphatic carbocycles. The van der Waals surface area contributed by atoms with Crippen LogP contribution < -0.4 is 10.6 Å². The molecule has 1 aromatic rings. The molecule has 0 amide bonds. The first-order valence-electron chi connectivity index (χ1n) is 6.83. The summed E-state index contributed by atoms with van der Waals surface area (Å²) in [5.41, 5.74) is 8.05. The first kappa shape index (κ1) is 16.3. The Labute approximate surface area is 122 Å². The molecule has 0 radical (unpaired) electrons. The zero-order chi connectivity index (χ0) is 14.6. The summed E-state index contributed by atoms with van der Waals surface area (Å²) < 4.78 is 0. The number of anilines is 1. The quantitative estimate of drug-likeness (QED) is 0.871. The summed E-state index contributed by atoms with van der Waals surface area (Å²) in [6.07, 6.45) is 0. The third kappa shape index (κ3) is 4.37. The molecule has 0 aliphatic heterocycles. The molecular formula is C15H26ClN3. The highest BCUT2D eigenvalue weighted by atomic mass is 35.5. The van der Waals surface area contributed by atoms with Gasteiger partial charge in [-0.25, -0.2) is 0 Å². The van der Waals surface area contributed by atoms with Crippen molar-refractivity contribution < 1.29 is 0 Å². The Balaban J connectivity index is 2.98. The second-order valence-corrected chi connectivity index (χ2v) is 5.80. The minimum Gasteiger partial charge on any atom is -0.367 e. The van der Waals surface area contributed by atoms with E-state index in [4.69, 9.17) is 17.3 Å². The molecule has 0 aromatic heterocycles. The van der Waals surface area contributed by atoms with Gasteiger partial charge in [-0.3, -0.25) is 0 Å². The third-order valence-electron chi connectivity index (χ3n) is 3.31. The number of nitrogens with two attached hydrogens (primary N) is 1. The van der Waals surface area contributed by atoms with E-state index in [9.17, 15) is 0 Å². The van der Waals surface area contributed by atoms with Gasteiger partial charge in [0.2, 0.25) is 0 Å². The number of halogens is 1. The van der Waals surface area contributed by atoms with Gasteiger partial charge in [-0.15, -0.1) is 0 Å². The van der Waals surface area contributed by atoms with E-state index < -0.39 is 0 Å². The van der Waals surface area contributed by atoms with Crippen LogP contribution in [0.25, 0.3) is 0 Å². The van der Waals surface area contributed by atoms with Crippen LogP contribution in [0.3, 0.4) is 0 Å². The molecule has 108 valence electrons. The van der Waals surface area contributed by atoms with Crippen molar-refractivity contribution in [3.8, 4) is 0 Å². The number of benzene rings is 1. The van der Waals surface area contributed by atoms with Crippen molar-refractivity contribution in [1.29, 1.82) is 0 Å². The summed E-state index contributed by atoms with van der Waals surface area (Å²) in [5.74, 6) is 0. The van der Waals surface area contributed by atoms with E-state index in [1.54, 1.807) is 0 Å². The topological polar surface area (TPSA) is 32.5 Å². The summed E-state index contributed by atoms with van der Waals surface area (Å²) >= 11 is 6.42. The molecule has 1 aromatic carbocycles. The van der Waals surface area contributed by atoms with Gasteiger partial charge in [0.05, 0.1) is 10.7 Å². The first-order chi connectivity index (χ1) is 8.86. The predicted octanol–water partition coefficient (Wildman–Crippen LogP) is 3.14. The van der Waals surface area contributed by atoms with Crippen LogP contribution in [0.1, 0.15) is 32.4 Å². The minimum absolute atomic E-state index is 0.0147. The van der Waals surface area contributed by atoms with Gasteiger partial charge in [0.15, 0.2) is 0 Å². The van der Waals surface area contributed by atoms with Crippen molar-refractivity contribution in [1.82, 2.24) is 4.90 Å². The van der Waals surface area contributed by atoms with E-state index in [-0.39, 0.29) is 6.04 Å². The smallest absolute Gasteiger partial charge is 0.0643 e. The summed E-state index contributed by atoms with van der Waals surface area (Å²) in [6, 6.07) is 6.56. The average Bonchev–Trinajstić information content (AvgIpc) is 2.30. The Morgan fingerprint density at radius 2 is 1.89 bits per heavy atom. The lowest BCUT2D eigenvalue weighted by Crippen LogP contribution is -2.40. The van der Waals surface area contributed by atoms with Gasteiger partial charge < -0.3 is 15.5 Å². The molecule has 3 nitrogen and oxygen atoms in total. The van der Waals surface area contributed by atoms with Gasteiger partial charge in [0.25, 0.3) is 0 Å². The highest BCUT2D eigenvalue weighted by molar-refractivity contribution is 6.33. The van der Waals surface area contributed by atoms with Crippen molar-refractivity contribution in [2.24, 2.45) is 5.73 Å². The predicted molar refractivity (Wildman–Crippen MR) is 85.1 cm³/mol. The fourth-order valence-electron chi connectivity index (χ4n) is 2.39. The van der Waals surface area contributed by atoms with Gasteiger partial charge in [-0.2, -0.15) is 0 Å². The minimum atomic E-state index is 0.0147. The standard InChI is InChI=1S/C15H26ClN3/c1-6-19(11(2)10-18(4)5)15-8-7-13(12(3)17)9-14(15)16/h7-9,11-12H,6,10,17H2,1-5H3/t11?,12-/m1/s1. The van der Waals surface area contributed by atoms with E-state index in [0.717, 1.165) is 29.4 Å². The van der Waals surface area contributed by atoms with Crippen molar-refractivity contribution in [2.75, 3.05) is 32.1 Å².